The summed E-state index contributed by atoms with van der Waals surface area (Å²) in [5.41, 5.74) is 9.23. The molecular weight excluding hydrogens is 544 g/mol. The van der Waals surface area contributed by atoms with Gasteiger partial charge in [-0.15, -0.1) is 0 Å². The number of fused-ring (bicyclic) bond motifs is 5. The zero-order valence-electron chi connectivity index (χ0n) is 24.6. The third-order valence-electron chi connectivity index (χ3n) is 8.99. The first-order valence-electron chi connectivity index (χ1n) is 15.4. The van der Waals surface area contributed by atoms with Gasteiger partial charge in [-0.1, -0.05) is 140 Å². The van der Waals surface area contributed by atoms with Crippen LogP contribution in [0, 0.1) is 0 Å². The van der Waals surface area contributed by atoms with Gasteiger partial charge in [0.25, 0.3) is 0 Å². The maximum atomic E-state index is 5.09. The molecule has 9 rings (SSSR count). The van der Waals surface area contributed by atoms with Crippen molar-refractivity contribution < 1.29 is 0 Å². The average Bonchev–Trinajstić information content (AvgIpc) is 3.51. The van der Waals surface area contributed by atoms with Crippen LogP contribution >= 0.6 is 0 Å². The van der Waals surface area contributed by atoms with Gasteiger partial charge >= 0.3 is 0 Å². The Morgan fingerprint density at radius 1 is 0.400 bits per heavy atom. The van der Waals surface area contributed by atoms with Gasteiger partial charge in [-0.3, -0.25) is 4.57 Å². The number of benzene rings is 8. The molecular formula is C43H28N2. The first-order chi connectivity index (χ1) is 22.3. The van der Waals surface area contributed by atoms with E-state index in [1.807, 2.05) is 0 Å². The second-order valence-electron chi connectivity index (χ2n) is 11.6. The Kier molecular flexibility index (Phi) is 5.85. The lowest BCUT2D eigenvalue weighted by Gasteiger charge is -2.16. The number of para-hydroxylation sites is 3. The molecule has 0 saturated carbocycles. The number of rotatable bonds is 4. The van der Waals surface area contributed by atoms with Gasteiger partial charge in [0.15, 0.2) is 0 Å². The summed E-state index contributed by atoms with van der Waals surface area (Å²) in [4.78, 5) is 5.09. The van der Waals surface area contributed by atoms with Crippen LogP contribution in [0.3, 0.4) is 0 Å². The molecule has 0 amide bonds. The predicted octanol–water partition coefficient (Wildman–Crippen LogP) is 11.5. The van der Waals surface area contributed by atoms with Gasteiger partial charge in [0.05, 0.1) is 11.0 Å². The van der Waals surface area contributed by atoms with Crippen molar-refractivity contribution in [2.75, 3.05) is 0 Å². The van der Waals surface area contributed by atoms with Crippen LogP contribution in [0.2, 0.25) is 0 Å². The second-order valence-corrected chi connectivity index (χ2v) is 11.6. The van der Waals surface area contributed by atoms with Crippen LogP contribution in [0.5, 0.6) is 0 Å². The molecule has 1 aromatic heterocycles. The molecule has 210 valence electrons. The smallest absolute Gasteiger partial charge is 0.145 e. The molecule has 0 atom stereocenters. The molecule has 0 unspecified atom stereocenters. The first-order valence-corrected chi connectivity index (χ1v) is 15.4. The summed E-state index contributed by atoms with van der Waals surface area (Å²) in [7, 11) is 0. The molecule has 0 aliphatic carbocycles. The highest BCUT2D eigenvalue weighted by atomic mass is 15.1. The van der Waals surface area contributed by atoms with Crippen LogP contribution in [0.25, 0.3) is 82.7 Å². The van der Waals surface area contributed by atoms with Crippen LogP contribution in [0.1, 0.15) is 0 Å². The molecule has 0 spiro atoms. The van der Waals surface area contributed by atoms with E-state index < -0.39 is 0 Å². The van der Waals surface area contributed by atoms with E-state index in [4.69, 9.17) is 4.98 Å². The Hall–Kier alpha value is -5.99. The average molecular weight is 573 g/mol. The molecule has 45 heavy (non-hydrogen) atoms. The normalized spacial score (nSPS) is 11.6. The third kappa shape index (κ3) is 4.15. The summed E-state index contributed by atoms with van der Waals surface area (Å²) in [6, 6.07) is 60.9. The summed E-state index contributed by atoms with van der Waals surface area (Å²) in [5.74, 6) is 0.941. The van der Waals surface area contributed by atoms with E-state index in [9.17, 15) is 0 Å². The molecule has 0 radical (unpaired) electrons. The molecule has 8 aromatic carbocycles. The number of hydrogen-bond acceptors (Lipinski definition) is 1. The predicted molar refractivity (Wildman–Crippen MR) is 190 cm³/mol. The summed E-state index contributed by atoms with van der Waals surface area (Å²) in [5, 5.41) is 7.58. The van der Waals surface area contributed by atoms with Gasteiger partial charge in [0, 0.05) is 11.3 Å². The van der Waals surface area contributed by atoms with Crippen molar-refractivity contribution in [3.63, 3.8) is 0 Å². The Labute approximate surface area is 261 Å². The van der Waals surface area contributed by atoms with E-state index in [0.29, 0.717) is 0 Å². The first kappa shape index (κ1) is 25.5. The lowest BCUT2D eigenvalue weighted by atomic mass is 9.88. The molecule has 2 nitrogen and oxygen atoms in total. The molecule has 0 fully saturated rings. The maximum absolute atomic E-state index is 5.09. The van der Waals surface area contributed by atoms with Crippen LogP contribution < -0.4 is 0 Å². The second kappa shape index (κ2) is 10.3. The van der Waals surface area contributed by atoms with Crippen molar-refractivity contribution in [3.8, 4) is 39.3 Å². The Balaban J connectivity index is 1.25. The quantitative estimate of drug-likeness (QED) is 0.151. The molecule has 0 aliphatic heterocycles. The zero-order chi connectivity index (χ0) is 29.7. The van der Waals surface area contributed by atoms with Crippen LogP contribution in [-0.2, 0) is 0 Å². The van der Waals surface area contributed by atoms with E-state index in [1.165, 1.54) is 54.6 Å². The largest absolute Gasteiger partial charge is 0.292 e. The van der Waals surface area contributed by atoms with Gasteiger partial charge in [0.2, 0.25) is 0 Å². The summed E-state index contributed by atoms with van der Waals surface area (Å²) in [6.45, 7) is 0. The van der Waals surface area contributed by atoms with E-state index in [2.05, 4.69) is 174 Å². The topological polar surface area (TPSA) is 17.8 Å². The maximum Gasteiger partial charge on any atom is 0.145 e. The van der Waals surface area contributed by atoms with Gasteiger partial charge < -0.3 is 0 Å². The van der Waals surface area contributed by atoms with E-state index in [0.717, 1.165) is 28.1 Å². The van der Waals surface area contributed by atoms with Gasteiger partial charge in [0.1, 0.15) is 5.82 Å². The van der Waals surface area contributed by atoms with Gasteiger partial charge in [-0.25, -0.2) is 4.98 Å². The monoisotopic (exact) mass is 572 g/mol. The van der Waals surface area contributed by atoms with Crippen molar-refractivity contribution in [3.05, 3.63) is 170 Å². The minimum absolute atomic E-state index is 0.941. The van der Waals surface area contributed by atoms with E-state index >= 15 is 0 Å². The standard InChI is InChI=1S/C43H28N2/c1-3-12-29(13-4-1)34-18-11-19-36-37(34)26-27-38-39(36)28-32-14-7-8-17-35(32)42(38)30-22-24-31(25-23-30)43-44-40-20-9-10-21-41(40)45(43)33-15-5-2-6-16-33/h1-28H. The van der Waals surface area contributed by atoms with Crippen LogP contribution in [0.4, 0.5) is 0 Å². The number of imidazole rings is 1. The van der Waals surface area contributed by atoms with Crippen molar-refractivity contribution in [1.29, 1.82) is 0 Å². The van der Waals surface area contributed by atoms with Crippen LogP contribution in [-0.4, -0.2) is 9.55 Å². The lowest BCUT2D eigenvalue weighted by Crippen LogP contribution is -1.97. The van der Waals surface area contributed by atoms with Gasteiger partial charge in [-0.2, -0.15) is 0 Å². The molecule has 0 bridgehead atoms. The van der Waals surface area contributed by atoms with E-state index in [1.54, 1.807) is 0 Å². The summed E-state index contributed by atoms with van der Waals surface area (Å²) >= 11 is 0. The number of aromatic nitrogens is 2. The molecule has 2 heteroatoms. The lowest BCUT2D eigenvalue weighted by molar-refractivity contribution is 1.10. The molecule has 1 heterocycles. The Morgan fingerprint density at radius 3 is 1.91 bits per heavy atom. The molecule has 0 saturated heterocycles. The minimum atomic E-state index is 0.941. The highest BCUT2D eigenvalue weighted by Crippen LogP contribution is 2.41. The minimum Gasteiger partial charge on any atom is -0.292 e. The molecule has 0 aliphatic rings. The fourth-order valence-electron chi connectivity index (χ4n) is 6.93. The number of hydrogen-bond donors (Lipinski definition) is 0. The third-order valence-corrected chi connectivity index (χ3v) is 8.99. The van der Waals surface area contributed by atoms with E-state index in [-0.39, 0.29) is 0 Å². The van der Waals surface area contributed by atoms with Gasteiger partial charge in [-0.05, 0) is 84.9 Å². The Morgan fingerprint density at radius 2 is 1.07 bits per heavy atom. The summed E-state index contributed by atoms with van der Waals surface area (Å²) in [6.07, 6.45) is 0. The van der Waals surface area contributed by atoms with Crippen molar-refractivity contribution in [2.24, 2.45) is 0 Å². The fourth-order valence-corrected chi connectivity index (χ4v) is 6.93. The van der Waals surface area contributed by atoms with Crippen molar-refractivity contribution >= 4 is 43.4 Å². The zero-order valence-corrected chi connectivity index (χ0v) is 24.6. The highest BCUT2D eigenvalue weighted by Gasteiger charge is 2.17. The van der Waals surface area contributed by atoms with Crippen LogP contribution in [0.15, 0.2) is 170 Å². The SMILES string of the molecule is c1ccc(-c2cccc3c2ccc2c(-c4ccc(-c5nc6ccccc6n5-c5ccccc5)cc4)c4ccccc4cc23)cc1. The summed E-state index contributed by atoms with van der Waals surface area (Å²) < 4.78 is 2.26. The fraction of sp³-hybridized carbons (Fsp3) is 0. The van der Waals surface area contributed by atoms with Crippen molar-refractivity contribution in [1.82, 2.24) is 9.55 Å². The Bertz CT molecular complexity index is 2510. The highest BCUT2D eigenvalue weighted by molar-refractivity contribution is 6.21. The molecule has 9 aromatic rings. The molecule has 0 N–H and O–H groups in total. The van der Waals surface area contributed by atoms with Crippen molar-refractivity contribution in [2.45, 2.75) is 0 Å². The number of nitrogens with zero attached hydrogens (tertiary/aromatic N) is 2.